The number of thiazole rings is 1. The Kier molecular flexibility index (Phi) is 7.49. The fourth-order valence-corrected chi connectivity index (χ4v) is 7.19. The Balaban J connectivity index is 1.18. The van der Waals surface area contributed by atoms with Crippen LogP contribution in [-0.2, 0) is 16.6 Å². The molecule has 1 saturated heterocycles. The topological polar surface area (TPSA) is 91.7 Å². The summed E-state index contributed by atoms with van der Waals surface area (Å²) < 4.78 is 29.8. The molecule has 1 N–H and O–H groups in total. The largest absolute Gasteiger partial charge is 0.322 e. The predicted octanol–water partition coefficient (Wildman–Crippen LogP) is 4.40. The monoisotopic (exact) mass is 550 g/mol. The molecular weight excluding hydrogens is 520 g/mol. The number of benzene rings is 3. The number of anilines is 1. The van der Waals surface area contributed by atoms with Crippen molar-refractivity contribution in [1.82, 2.24) is 13.8 Å². The molecule has 10 heteroatoms. The fourth-order valence-electron chi connectivity index (χ4n) is 4.70. The van der Waals surface area contributed by atoms with Gasteiger partial charge in [-0.3, -0.25) is 19.1 Å². The third-order valence-electron chi connectivity index (χ3n) is 6.72. The molecule has 0 atom stereocenters. The van der Waals surface area contributed by atoms with Gasteiger partial charge in [0, 0.05) is 50.0 Å². The molecule has 0 radical (unpaired) electrons. The van der Waals surface area contributed by atoms with Gasteiger partial charge in [0.2, 0.25) is 10.0 Å². The fraction of sp³-hybridized carbons (Fsp3) is 0.286. The highest BCUT2D eigenvalue weighted by atomic mass is 32.2. The highest BCUT2D eigenvalue weighted by molar-refractivity contribution is 7.89. The third kappa shape index (κ3) is 5.44. The minimum atomic E-state index is -3.47. The third-order valence-corrected chi connectivity index (χ3v) is 9.55. The van der Waals surface area contributed by atoms with Crippen LogP contribution in [0, 0.1) is 0 Å². The maximum atomic E-state index is 12.8. The molecule has 5 rings (SSSR count). The van der Waals surface area contributed by atoms with E-state index >= 15 is 0 Å². The average Bonchev–Trinajstić information content (AvgIpc) is 3.25. The number of amides is 1. The lowest BCUT2D eigenvalue weighted by Crippen LogP contribution is -2.48. The summed E-state index contributed by atoms with van der Waals surface area (Å²) in [4.78, 5) is 27.7. The lowest BCUT2D eigenvalue weighted by molar-refractivity contribution is 0.102. The van der Waals surface area contributed by atoms with Crippen molar-refractivity contribution in [2.45, 2.75) is 31.3 Å². The van der Waals surface area contributed by atoms with Crippen molar-refractivity contribution < 1.29 is 13.2 Å². The molecule has 0 saturated carbocycles. The minimum absolute atomic E-state index is 0.00621. The molecule has 4 aromatic rings. The zero-order valence-electron chi connectivity index (χ0n) is 21.3. The van der Waals surface area contributed by atoms with Gasteiger partial charge in [0.15, 0.2) is 0 Å². The van der Waals surface area contributed by atoms with E-state index in [9.17, 15) is 18.0 Å². The van der Waals surface area contributed by atoms with E-state index in [1.165, 1.54) is 11.3 Å². The Labute approximate surface area is 226 Å². The van der Waals surface area contributed by atoms with Crippen molar-refractivity contribution >= 4 is 43.2 Å². The molecule has 3 aromatic carbocycles. The molecular formula is C28H30N4O4S2. The quantitative estimate of drug-likeness (QED) is 0.368. The molecule has 1 amide bonds. The summed E-state index contributed by atoms with van der Waals surface area (Å²) in [7, 11) is -3.47. The van der Waals surface area contributed by atoms with Crippen molar-refractivity contribution in [1.29, 1.82) is 0 Å². The number of carbonyl (C=O) groups is 1. The van der Waals surface area contributed by atoms with Gasteiger partial charge in [0.05, 0.1) is 15.1 Å². The standard InChI is InChI=1S/C28H30N4O4S2/c1-20(2)32-25-13-12-23(18-26(25)37-28(32)34)29-27(33)22-10-8-21(9-11-22)19-30-14-16-31(17-15-30)38(35,36)24-6-4-3-5-7-24/h3-13,18,20H,14-17,19H2,1-2H3,(H,29,33). The van der Waals surface area contributed by atoms with Gasteiger partial charge in [-0.2, -0.15) is 4.31 Å². The van der Waals surface area contributed by atoms with Crippen molar-refractivity contribution in [3.63, 3.8) is 0 Å². The van der Waals surface area contributed by atoms with Crippen LogP contribution in [0.4, 0.5) is 5.69 Å². The Bertz CT molecular complexity index is 1600. The van der Waals surface area contributed by atoms with E-state index in [1.54, 1.807) is 45.3 Å². The van der Waals surface area contributed by atoms with Crippen LogP contribution in [0.3, 0.4) is 0 Å². The van der Waals surface area contributed by atoms with E-state index in [4.69, 9.17) is 0 Å². The smallest absolute Gasteiger partial charge is 0.308 e. The summed E-state index contributed by atoms with van der Waals surface area (Å²) in [6.45, 7) is 6.80. The summed E-state index contributed by atoms with van der Waals surface area (Å²) in [6.07, 6.45) is 0. The second-order valence-corrected chi connectivity index (χ2v) is 12.6. The molecule has 8 nitrogen and oxygen atoms in total. The molecule has 0 bridgehead atoms. The lowest BCUT2D eigenvalue weighted by atomic mass is 10.1. The lowest BCUT2D eigenvalue weighted by Gasteiger charge is -2.34. The van der Waals surface area contributed by atoms with Crippen LogP contribution in [-0.4, -0.2) is 54.3 Å². The number of hydrogen-bond donors (Lipinski definition) is 1. The van der Waals surface area contributed by atoms with E-state index in [0.717, 1.165) is 15.8 Å². The highest BCUT2D eigenvalue weighted by Crippen LogP contribution is 2.25. The molecule has 1 aliphatic rings. The minimum Gasteiger partial charge on any atom is -0.322 e. The summed E-state index contributed by atoms with van der Waals surface area (Å²) in [6, 6.07) is 21.6. The zero-order valence-corrected chi connectivity index (χ0v) is 23.0. The first kappa shape index (κ1) is 26.3. The number of piperazine rings is 1. The molecule has 1 aromatic heterocycles. The van der Waals surface area contributed by atoms with Crippen LogP contribution in [0.2, 0.25) is 0 Å². The van der Waals surface area contributed by atoms with E-state index in [0.29, 0.717) is 48.9 Å². The van der Waals surface area contributed by atoms with Crippen molar-refractivity contribution in [2.75, 3.05) is 31.5 Å². The van der Waals surface area contributed by atoms with Crippen molar-refractivity contribution in [3.05, 3.63) is 93.6 Å². The first-order chi connectivity index (χ1) is 18.2. The number of rotatable bonds is 7. The molecule has 2 heterocycles. The van der Waals surface area contributed by atoms with Crippen LogP contribution in [0.25, 0.3) is 10.2 Å². The van der Waals surface area contributed by atoms with Crippen molar-refractivity contribution in [2.24, 2.45) is 0 Å². The molecule has 1 fully saturated rings. The SMILES string of the molecule is CC(C)n1c(=O)sc2cc(NC(=O)c3ccc(CN4CCN(S(=O)(=O)c5ccccc5)CC4)cc3)ccc21. The maximum absolute atomic E-state index is 12.8. The number of carbonyl (C=O) groups excluding carboxylic acids is 1. The van der Waals surface area contributed by atoms with Crippen LogP contribution >= 0.6 is 11.3 Å². The molecule has 1 aliphatic heterocycles. The van der Waals surface area contributed by atoms with Gasteiger partial charge in [-0.05, 0) is 61.9 Å². The van der Waals surface area contributed by atoms with E-state index in [1.807, 2.05) is 50.2 Å². The Morgan fingerprint density at radius 2 is 1.63 bits per heavy atom. The number of nitrogens with one attached hydrogen (secondary N) is 1. The number of hydrogen-bond acceptors (Lipinski definition) is 6. The van der Waals surface area contributed by atoms with Crippen LogP contribution in [0.5, 0.6) is 0 Å². The van der Waals surface area contributed by atoms with Gasteiger partial charge >= 0.3 is 4.87 Å². The average molecular weight is 551 g/mol. The number of aromatic nitrogens is 1. The molecule has 0 unspecified atom stereocenters. The first-order valence-corrected chi connectivity index (χ1v) is 14.8. The number of fused-ring (bicyclic) bond motifs is 1. The maximum Gasteiger partial charge on any atom is 0.308 e. The van der Waals surface area contributed by atoms with E-state index < -0.39 is 10.0 Å². The van der Waals surface area contributed by atoms with Gasteiger partial charge < -0.3 is 5.32 Å². The number of sulfonamides is 1. The Hall–Kier alpha value is -3.31. The summed E-state index contributed by atoms with van der Waals surface area (Å²) in [5, 5.41) is 2.93. The molecule has 38 heavy (non-hydrogen) atoms. The van der Waals surface area contributed by atoms with Gasteiger partial charge in [-0.15, -0.1) is 0 Å². The van der Waals surface area contributed by atoms with Crippen molar-refractivity contribution in [3.8, 4) is 0 Å². The van der Waals surface area contributed by atoms with Gasteiger partial charge in [0.1, 0.15) is 0 Å². The Morgan fingerprint density at radius 3 is 2.29 bits per heavy atom. The summed E-state index contributed by atoms with van der Waals surface area (Å²) >= 11 is 1.18. The normalized spacial score (nSPS) is 15.2. The van der Waals surface area contributed by atoms with Gasteiger partial charge in [-0.1, -0.05) is 41.7 Å². The zero-order chi connectivity index (χ0) is 26.9. The predicted molar refractivity (Wildman–Crippen MR) is 151 cm³/mol. The summed E-state index contributed by atoms with van der Waals surface area (Å²) in [5.41, 5.74) is 3.12. The first-order valence-electron chi connectivity index (χ1n) is 12.6. The molecule has 0 spiro atoms. The second-order valence-electron chi connectivity index (χ2n) is 9.66. The summed E-state index contributed by atoms with van der Waals surface area (Å²) in [5.74, 6) is -0.216. The Morgan fingerprint density at radius 1 is 0.947 bits per heavy atom. The van der Waals surface area contributed by atoms with Crippen LogP contribution < -0.4 is 10.2 Å². The van der Waals surface area contributed by atoms with E-state index in [2.05, 4.69) is 10.2 Å². The second kappa shape index (κ2) is 10.8. The molecule has 198 valence electrons. The molecule has 0 aliphatic carbocycles. The van der Waals surface area contributed by atoms with Crippen LogP contribution in [0.15, 0.2) is 82.5 Å². The number of nitrogens with zero attached hydrogens (tertiary/aromatic N) is 3. The van der Waals surface area contributed by atoms with Gasteiger partial charge in [-0.25, -0.2) is 8.42 Å². The van der Waals surface area contributed by atoms with E-state index in [-0.39, 0.29) is 16.8 Å². The highest BCUT2D eigenvalue weighted by Gasteiger charge is 2.28. The van der Waals surface area contributed by atoms with Crippen LogP contribution in [0.1, 0.15) is 35.8 Å². The van der Waals surface area contributed by atoms with Gasteiger partial charge in [0.25, 0.3) is 5.91 Å².